The monoisotopic (exact) mass is 421 g/mol. The predicted octanol–water partition coefficient (Wildman–Crippen LogP) is 3.92. The number of hydrogen-bond donors (Lipinski definition) is 2. The standard InChI is InChI=1S/C24H27N3O4/c1-3-15(2)16-6-9-18(10-7-16)25-22(28)14-31-24(30)17-8-11-20-19(13-17)26-23(29)21-5-4-12-27(20)21/h6-11,13,15,21H,3-5,12,14H2,1-2H3,(H,25,28)(H,26,29)/t15-,21-/m1/s1. The van der Waals surface area contributed by atoms with Gasteiger partial charge in [0.1, 0.15) is 6.04 Å². The molecule has 1 saturated heterocycles. The lowest BCUT2D eigenvalue weighted by molar-refractivity contribution is -0.119. The fourth-order valence-electron chi connectivity index (χ4n) is 4.10. The fraction of sp³-hybridized carbons (Fsp3) is 0.375. The van der Waals surface area contributed by atoms with Gasteiger partial charge >= 0.3 is 5.97 Å². The molecule has 2 heterocycles. The summed E-state index contributed by atoms with van der Waals surface area (Å²) >= 11 is 0. The minimum absolute atomic E-state index is 0.0470. The molecule has 162 valence electrons. The summed E-state index contributed by atoms with van der Waals surface area (Å²) in [5.41, 5.74) is 3.68. The number of esters is 1. The highest BCUT2D eigenvalue weighted by Crippen LogP contribution is 2.37. The van der Waals surface area contributed by atoms with Gasteiger partial charge in [-0.05, 0) is 61.1 Å². The Morgan fingerprint density at radius 2 is 2.00 bits per heavy atom. The van der Waals surface area contributed by atoms with Gasteiger partial charge in [0.15, 0.2) is 6.61 Å². The van der Waals surface area contributed by atoms with Crippen LogP contribution in [0.3, 0.4) is 0 Å². The molecular formula is C24H27N3O4. The van der Waals surface area contributed by atoms with E-state index in [2.05, 4.69) is 29.4 Å². The van der Waals surface area contributed by atoms with Crippen LogP contribution in [-0.4, -0.2) is 37.0 Å². The number of amides is 2. The molecule has 0 spiro atoms. The average Bonchev–Trinajstić information content (AvgIpc) is 3.28. The summed E-state index contributed by atoms with van der Waals surface area (Å²) in [6.07, 6.45) is 2.86. The van der Waals surface area contributed by atoms with Crippen LogP contribution in [-0.2, 0) is 14.3 Å². The number of benzene rings is 2. The molecule has 2 aliphatic heterocycles. The molecule has 7 heteroatoms. The van der Waals surface area contributed by atoms with Gasteiger partial charge in [-0.3, -0.25) is 9.59 Å². The first-order chi connectivity index (χ1) is 15.0. The third kappa shape index (κ3) is 4.40. The SMILES string of the molecule is CC[C@@H](C)c1ccc(NC(=O)COC(=O)c2ccc3c(c2)NC(=O)[C@H]2CCCN32)cc1. The Hall–Kier alpha value is -3.35. The van der Waals surface area contributed by atoms with Crippen LogP contribution in [0.4, 0.5) is 17.1 Å². The van der Waals surface area contributed by atoms with E-state index in [1.807, 2.05) is 30.3 Å². The van der Waals surface area contributed by atoms with Crippen LogP contribution in [0.2, 0.25) is 0 Å². The number of nitrogens with zero attached hydrogens (tertiary/aromatic N) is 1. The number of ether oxygens (including phenoxy) is 1. The first kappa shape index (κ1) is 20.9. The van der Waals surface area contributed by atoms with E-state index in [1.165, 1.54) is 5.56 Å². The number of nitrogens with one attached hydrogen (secondary N) is 2. The number of rotatable bonds is 6. The Bertz CT molecular complexity index is 1000. The molecule has 0 aromatic heterocycles. The Balaban J connectivity index is 1.34. The quantitative estimate of drug-likeness (QED) is 0.691. The largest absolute Gasteiger partial charge is 0.452 e. The normalized spacial score (nSPS) is 17.9. The lowest BCUT2D eigenvalue weighted by atomic mass is 9.99. The van der Waals surface area contributed by atoms with Gasteiger partial charge in [0, 0.05) is 12.2 Å². The van der Waals surface area contributed by atoms with E-state index in [4.69, 9.17) is 4.74 Å². The summed E-state index contributed by atoms with van der Waals surface area (Å²) in [5, 5.41) is 5.61. The van der Waals surface area contributed by atoms with Gasteiger partial charge in [-0.2, -0.15) is 0 Å². The van der Waals surface area contributed by atoms with Crippen molar-refractivity contribution in [3.05, 3.63) is 53.6 Å². The molecule has 1 fully saturated rings. The van der Waals surface area contributed by atoms with Gasteiger partial charge in [0.2, 0.25) is 5.91 Å². The van der Waals surface area contributed by atoms with Crippen molar-refractivity contribution in [3.63, 3.8) is 0 Å². The highest BCUT2D eigenvalue weighted by atomic mass is 16.5. The minimum Gasteiger partial charge on any atom is -0.452 e. The summed E-state index contributed by atoms with van der Waals surface area (Å²) < 4.78 is 5.17. The van der Waals surface area contributed by atoms with Gasteiger partial charge in [0.25, 0.3) is 5.91 Å². The van der Waals surface area contributed by atoms with E-state index in [0.29, 0.717) is 22.9 Å². The smallest absolute Gasteiger partial charge is 0.338 e. The second-order valence-corrected chi connectivity index (χ2v) is 8.13. The van der Waals surface area contributed by atoms with Crippen LogP contribution in [0.25, 0.3) is 0 Å². The zero-order chi connectivity index (χ0) is 22.0. The van der Waals surface area contributed by atoms with E-state index in [9.17, 15) is 14.4 Å². The van der Waals surface area contributed by atoms with Gasteiger partial charge in [-0.1, -0.05) is 26.0 Å². The molecule has 0 bridgehead atoms. The van der Waals surface area contributed by atoms with Gasteiger partial charge in [0.05, 0.1) is 16.9 Å². The van der Waals surface area contributed by atoms with E-state index in [1.54, 1.807) is 12.1 Å². The molecule has 2 aromatic carbocycles. The van der Waals surface area contributed by atoms with Gasteiger partial charge in [-0.25, -0.2) is 4.79 Å². The highest BCUT2D eigenvalue weighted by molar-refractivity contribution is 6.05. The first-order valence-electron chi connectivity index (χ1n) is 10.7. The summed E-state index contributed by atoms with van der Waals surface area (Å²) in [5.74, 6) is -0.601. The maximum atomic E-state index is 12.4. The molecular weight excluding hydrogens is 394 g/mol. The van der Waals surface area contributed by atoms with Crippen molar-refractivity contribution < 1.29 is 19.1 Å². The number of fused-ring (bicyclic) bond motifs is 3. The van der Waals surface area contributed by atoms with Crippen LogP contribution < -0.4 is 15.5 Å². The highest BCUT2D eigenvalue weighted by Gasteiger charge is 2.36. The van der Waals surface area contributed by atoms with Gasteiger partial charge < -0.3 is 20.3 Å². The Morgan fingerprint density at radius 3 is 2.74 bits per heavy atom. The van der Waals surface area contributed by atoms with Crippen molar-refractivity contribution in [1.82, 2.24) is 0 Å². The molecule has 0 unspecified atom stereocenters. The van der Waals surface area contributed by atoms with Crippen LogP contribution in [0.1, 0.15) is 54.9 Å². The van der Waals surface area contributed by atoms with Crippen molar-refractivity contribution in [2.75, 3.05) is 28.7 Å². The molecule has 2 aliphatic rings. The predicted molar refractivity (Wildman–Crippen MR) is 119 cm³/mol. The lowest BCUT2D eigenvalue weighted by Crippen LogP contribution is -2.43. The molecule has 2 amide bonds. The third-order valence-corrected chi connectivity index (χ3v) is 6.07. The average molecular weight is 421 g/mol. The first-order valence-corrected chi connectivity index (χ1v) is 10.7. The maximum absolute atomic E-state index is 12.4. The van der Waals surface area contributed by atoms with Crippen molar-refractivity contribution in [3.8, 4) is 0 Å². The lowest BCUT2D eigenvalue weighted by Gasteiger charge is -2.33. The number of carbonyl (C=O) groups is 3. The molecule has 31 heavy (non-hydrogen) atoms. The zero-order valence-electron chi connectivity index (χ0n) is 17.8. The van der Waals surface area contributed by atoms with Crippen LogP contribution >= 0.6 is 0 Å². The van der Waals surface area contributed by atoms with E-state index >= 15 is 0 Å². The zero-order valence-corrected chi connectivity index (χ0v) is 17.8. The Labute approximate surface area is 181 Å². The number of carbonyl (C=O) groups excluding carboxylic acids is 3. The van der Waals surface area contributed by atoms with Crippen LogP contribution in [0.15, 0.2) is 42.5 Å². The molecule has 2 atom stereocenters. The Morgan fingerprint density at radius 1 is 1.23 bits per heavy atom. The molecule has 2 N–H and O–H groups in total. The third-order valence-electron chi connectivity index (χ3n) is 6.07. The van der Waals surface area contributed by atoms with Crippen molar-refractivity contribution in [1.29, 1.82) is 0 Å². The van der Waals surface area contributed by atoms with Gasteiger partial charge in [-0.15, -0.1) is 0 Å². The molecule has 0 saturated carbocycles. The number of anilines is 3. The molecule has 4 rings (SSSR count). The summed E-state index contributed by atoms with van der Waals surface area (Å²) in [4.78, 5) is 38.9. The number of hydrogen-bond acceptors (Lipinski definition) is 5. The van der Waals surface area contributed by atoms with Crippen molar-refractivity contribution >= 4 is 34.8 Å². The van der Waals surface area contributed by atoms with E-state index in [0.717, 1.165) is 31.5 Å². The molecule has 7 nitrogen and oxygen atoms in total. The summed E-state index contributed by atoms with van der Waals surface area (Å²) in [6.45, 7) is 4.73. The topological polar surface area (TPSA) is 87.7 Å². The second kappa shape index (κ2) is 8.79. The van der Waals surface area contributed by atoms with Crippen molar-refractivity contribution in [2.45, 2.75) is 45.1 Å². The fourth-order valence-corrected chi connectivity index (χ4v) is 4.10. The van der Waals surface area contributed by atoms with E-state index in [-0.39, 0.29) is 18.6 Å². The summed E-state index contributed by atoms with van der Waals surface area (Å²) in [6, 6.07) is 12.6. The van der Waals surface area contributed by atoms with E-state index < -0.39 is 11.9 Å². The molecule has 0 radical (unpaired) electrons. The van der Waals surface area contributed by atoms with Crippen LogP contribution in [0, 0.1) is 0 Å². The summed E-state index contributed by atoms with van der Waals surface area (Å²) in [7, 11) is 0. The van der Waals surface area contributed by atoms with Crippen molar-refractivity contribution in [2.24, 2.45) is 0 Å². The maximum Gasteiger partial charge on any atom is 0.338 e. The minimum atomic E-state index is -0.608. The Kier molecular flexibility index (Phi) is 5.93. The molecule has 0 aliphatic carbocycles. The molecule has 2 aromatic rings. The second-order valence-electron chi connectivity index (χ2n) is 8.13. The van der Waals surface area contributed by atoms with Crippen LogP contribution in [0.5, 0.6) is 0 Å².